The summed E-state index contributed by atoms with van der Waals surface area (Å²) in [6, 6.07) is 8.31. The SMILES string of the molecule is Cc1ccccc1OC[C@]1(C)CCCCC1(C)C. The molecule has 0 spiro atoms. The maximum Gasteiger partial charge on any atom is 0.122 e. The average molecular weight is 246 g/mol. The number of benzene rings is 1. The van der Waals surface area contributed by atoms with Crippen LogP contribution < -0.4 is 4.74 Å². The summed E-state index contributed by atoms with van der Waals surface area (Å²) in [5.74, 6) is 1.04. The molecule has 1 nitrogen and oxygen atoms in total. The minimum Gasteiger partial charge on any atom is -0.493 e. The lowest BCUT2D eigenvalue weighted by atomic mass is 9.59. The summed E-state index contributed by atoms with van der Waals surface area (Å²) in [5, 5.41) is 0. The third-order valence-electron chi connectivity index (χ3n) is 5.05. The average Bonchev–Trinajstić information content (AvgIpc) is 2.32. The summed E-state index contributed by atoms with van der Waals surface area (Å²) in [7, 11) is 0. The molecular weight excluding hydrogens is 220 g/mol. The Bertz CT molecular complexity index is 408. The van der Waals surface area contributed by atoms with E-state index in [2.05, 4.69) is 52.0 Å². The van der Waals surface area contributed by atoms with Gasteiger partial charge >= 0.3 is 0 Å². The quantitative estimate of drug-likeness (QED) is 0.731. The van der Waals surface area contributed by atoms with Crippen LogP contribution in [0.25, 0.3) is 0 Å². The molecule has 0 aromatic heterocycles. The van der Waals surface area contributed by atoms with Gasteiger partial charge in [0, 0.05) is 5.41 Å². The first-order valence-corrected chi connectivity index (χ1v) is 7.13. The molecule has 1 aromatic rings. The Morgan fingerprint density at radius 2 is 1.72 bits per heavy atom. The molecule has 1 saturated carbocycles. The van der Waals surface area contributed by atoms with Crippen molar-refractivity contribution in [3.63, 3.8) is 0 Å². The van der Waals surface area contributed by atoms with Gasteiger partial charge in [-0.05, 0) is 36.8 Å². The van der Waals surface area contributed by atoms with Gasteiger partial charge in [-0.3, -0.25) is 0 Å². The summed E-state index contributed by atoms with van der Waals surface area (Å²) in [5.41, 5.74) is 1.91. The van der Waals surface area contributed by atoms with E-state index in [1.54, 1.807) is 0 Å². The molecule has 0 heterocycles. The van der Waals surface area contributed by atoms with Crippen molar-refractivity contribution in [3.8, 4) is 5.75 Å². The second kappa shape index (κ2) is 4.95. The number of ether oxygens (including phenoxy) is 1. The lowest BCUT2D eigenvalue weighted by Gasteiger charge is -2.47. The van der Waals surface area contributed by atoms with E-state index in [9.17, 15) is 0 Å². The molecule has 1 aromatic carbocycles. The van der Waals surface area contributed by atoms with Crippen molar-refractivity contribution in [2.45, 2.75) is 53.4 Å². The number of para-hydroxylation sites is 1. The molecule has 0 unspecified atom stereocenters. The van der Waals surface area contributed by atoms with Crippen LogP contribution in [0.3, 0.4) is 0 Å². The molecule has 0 saturated heterocycles. The molecular formula is C17H26O. The highest BCUT2D eigenvalue weighted by atomic mass is 16.5. The minimum atomic E-state index is 0.299. The fourth-order valence-corrected chi connectivity index (χ4v) is 2.95. The minimum absolute atomic E-state index is 0.299. The number of hydrogen-bond acceptors (Lipinski definition) is 1. The Balaban J connectivity index is 2.07. The van der Waals surface area contributed by atoms with E-state index in [0.29, 0.717) is 10.8 Å². The van der Waals surface area contributed by atoms with Crippen molar-refractivity contribution in [1.82, 2.24) is 0 Å². The van der Waals surface area contributed by atoms with E-state index < -0.39 is 0 Å². The van der Waals surface area contributed by atoms with Gasteiger partial charge in [0.1, 0.15) is 5.75 Å². The normalized spacial score (nSPS) is 26.9. The van der Waals surface area contributed by atoms with Crippen LogP contribution in [0.5, 0.6) is 5.75 Å². The molecule has 0 N–H and O–H groups in total. The first-order chi connectivity index (χ1) is 8.45. The van der Waals surface area contributed by atoms with Gasteiger partial charge in [-0.2, -0.15) is 0 Å². The number of hydrogen-bond donors (Lipinski definition) is 0. The zero-order valence-corrected chi connectivity index (χ0v) is 12.3. The van der Waals surface area contributed by atoms with Crippen LogP contribution in [0.1, 0.15) is 52.0 Å². The Kier molecular flexibility index (Phi) is 3.70. The highest BCUT2D eigenvalue weighted by Crippen LogP contribution is 2.50. The van der Waals surface area contributed by atoms with Gasteiger partial charge < -0.3 is 4.74 Å². The molecule has 0 radical (unpaired) electrons. The van der Waals surface area contributed by atoms with E-state index in [0.717, 1.165) is 12.4 Å². The third-order valence-corrected chi connectivity index (χ3v) is 5.05. The van der Waals surface area contributed by atoms with Gasteiger partial charge in [0.25, 0.3) is 0 Å². The van der Waals surface area contributed by atoms with Gasteiger partial charge in [0.2, 0.25) is 0 Å². The maximum atomic E-state index is 6.11. The van der Waals surface area contributed by atoms with Crippen molar-refractivity contribution < 1.29 is 4.74 Å². The highest BCUT2D eigenvalue weighted by Gasteiger charge is 2.43. The summed E-state index contributed by atoms with van der Waals surface area (Å²) in [6.45, 7) is 10.1. The van der Waals surface area contributed by atoms with Crippen LogP contribution in [-0.4, -0.2) is 6.61 Å². The van der Waals surface area contributed by atoms with Gasteiger partial charge in [-0.25, -0.2) is 0 Å². The summed E-state index contributed by atoms with van der Waals surface area (Å²) in [6.07, 6.45) is 5.32. The van der Waals surface area contributed by atoms with Gasteiger partial charge in [0.05, 0.1) is 6.61 Å². The highest BCUT2D eigenvalue weighted by molar-refractivity contribution is 5.31. The molecule has 1 atom stereocenters. The van der Waals surface area contributed by atoms with Crippen LogP contribution in [0.4, 0.5) is 0 Å². The van der Waals surface area contributed by atoms with Crippen LogP contribution in [0, 0.1) is 17.8 Å². The maximum absolute atomic E-state index is 6.11. The van der Waals surface area contributed by atoms with E-state index in [-0.39, 0.29) is 0 Å². The third kappa shape index (κ3) is 2.55. The first-order valence-electron chi connectivity index (χ1n) is 7.13. The summed E-state index contributed by atoms with van der Waals surface area (Å²) < 4.78 is 6.11. The largest absolute Gasteiger partial charge is 0.493 e. The Morgan fingerprint density at radius 1 is 1.06 bits per heavy atom. The summed E-state index contributed by atoms with van der Waals surface area (Å²) >= 11 is 0. The smallest absolute Gasteiger partial charge is 0.122 e. The Morgan fingerprint density at radius 3 is 2.39 bits per heavy atom. The van der Waals surface area contributed by atoms with E-state index in [1.165, 1.54) is 31.2 Å². The number of rotatable bonds is 3. The second-order valence-electron chi connectivity index (χ2n) is 6.71. The molecule has 1 fully saturated rings. The fourth-order valence-electron chi connectivity index (χ4n) is 2.95. The van der Waals surface area contributed by atoms with Crippen molar-refractivity contribution in [2.75, 3.05) is 6.61 Å². The molecule has 0 bridgehead atoms. The zero-order valence-electron chi connectivity index (χ0n) is 12.3. The van der Waals surface area contributed by atoms with Gasteiger partial charge in [-0.1, -0.05) is 51.8 Å². The predicted octanol–water partition coefficient (Wildman–Crippen LogP) is 4.98. The monoisotopic (exact) mass is 246 g/mol. The van der Waals surface area contributed by atoms with E-state index >= 15 is 0 Å². The lowest BCUT2D eigenvalue weighted by Crippen LogP contribution is -2.42. The first kappa shape index (κ1) is 13.5. The van der Waals surface area contributed by atoms with E-state index in [4.69, 9.17) is 4.74 Å². The van der Waals surface area contributed by atoms with Crippen molar-refractivity contribution in [2.24, 2.45) is 10.8 Å². The molecule has 1 aliphatic rings. The van der Waals surface area contributed by atoms with Gasteiger partial charge in [-0.15, -0.1) is 0 Å². The summed E-state index contributed by atoms with van der Waals surface area (Å²) in [4.78, 5) is 0. The van der Waals surface area contributed by atoms with E-state index in [1.807, 2.05) is 0 Å². The predicted molar refractivity (Wildman–Crippen MR) is 77.0 cm³/mol. The molecule has 100 valence electrons. The Labute approximate surface area is 112 Å². The van der Waals surface area contributed by atoms with Crippen LogP contribution in [0.15, 0.2) is 24.3 Å². The molecule has 2 rings (SSSR count). The lowest BCUT2D eigenvalue weighted by molar-refractivity contribution is -0.00943. The van der Waals surface area contributed by atoms with Gasteiger partial charge in [0.15, 0.2) is 0 Å². The standard InChI is InChI=1S/C17H26O/c1-14-9-5-6-10-15(14)18-13-17(4)12-8-7-11-16(17,2)3/h5-6,9-10H,7-8,11-13H2,1-4H3/t17-/m0/s1. The molecule has 1 heteroatoms. The van der Waals surface area contributed by atoms with Crippen molar-refractivity contribution in [1.29, 1.82) is 0 Å². The topological polar surface area (TPSA) is 9.23 Å². The number of aryl methyl sites for hydroxylation is 1. The van der Waals surface area contributed by atoms with Crippen LogP contribution in [0.2, 0.25) is 0 Å². The van der Waals surface area contributed by atoms with Crippen LogP contribution >= 0.6 is 0 Å². The Hall–Kier alpha value is -0.980. The zero-order chi connectivity index (χ0) is 13.2. The van der Waals surface area contributed by atoms with Crippen LogP contribution in [-0.2, 0) is 0 Å². The van der Waals surface area contributed by atoms with Crippen molar-refractivity contribution in [3.05, 3.63) is 29.8 Å². The molecule has 0 aliphatic heterocycles. The van der Waals surface area contributed by atoms with Crippen molar-refractivity contribution >= 4 is 0 Å². The molecule has 18 heavy (non-hydrogen) atoms. The second-order valence-corrected chi connectivity index (χ2v) is 6.71. The molecule has 1 aliphatic carbocycles. The molecule has 0 amide bonds. The fraction of sp³-hybridized carbons (Fsp3) is 0.647.